The molecule has 16 nitrogen and oxygen atoms in total. The summed E-state index contributed by atoms with van der Waals surface area (Å²) in [5, 5.41) is 18.3. The number of benzene rings is 4. The molecule has 6 rings (SSSR count). The average molecular weight is 1000 g/mol. The molecule has 68 heavy (non-hydrogen) atoms. The number of fused-ring (bicyclic) bond motifs is 2. The van der Waals surface area contributed by atoms with E-state index in [1.807, 2.05) is 13.8 Å². The van der Waals surface area contributed by atoms with Crippen molar-refractivity contribution in [3.8, 4) is 11.5 Å². The van der Waals surface area contributed by atoms with Crippen molar-refractivity contribution in [2.24, 2.45) is 0 Å². The van der Waals surface area contributed by atoms with Crippen LogP contribution in [0.5, 0.6) is 11.5 Å². The first kappa shape index (κ1) is 55.5. The monoisotopic (exact) mass is 998 g/mol. The van der Waals surface area contributed by atoms with Gasteiger partial charge < -0.3 is 50.5 Å². The Balaban J connectivity index is 0.000000292. The highest BCUT2D eigenvalue weighted by Gasteiger charge is 2.14. The quantitative estimate of drug-likeness (QED) is 0.0135. The molecule has 0 aliphatic rings. The predicted octanol–water partition coefficient (Wildman–Crippen LogP) is 11.9. The van der Waals surface area contributed by atoms with Gasteiger partial charge in [0, 0.05) is 59.1 Å². The van der Waals surface area contributed by atoms with Crippen LogP contribution in [0.25, 0.3) is 21.8 Å². The molecule has 2 heterocycles. The maximum Gasteiger partial charge on any atom is 0.404 e. The van der Waals surface area contributed by atoms with E-state index in [0.29, 0.717) is 107 Å². The second-order valence-electron chi connectivity index (χ2n) is 13.6. The number of nitrogens with zero attached hydrogens (tertiary/aromatic N) is 4. The Morgan fingerprint density at radius 2 is 1.22 bits per heavy atom. The Bertz CT molecular complexity index is 2660. The molecule has 0 radical (unpaired) electrons. The highest BCUT2D eigenvalue weighted by atomic mass is 35.5. The van der Waals surface area contributed by atoms with Crippen molar-refractivity contribution in [2.45, 2.75) is 33.8 Å². The largest absolute Gasteiger partial charge is 0.509 e. The van der Waals surface area contributed by atoms with Crippen LogP contribution in [-0.2, 0) is 19.0 Å². The molecule has 362 valence electrons. The van der Waals surface area contributed by atoms with E-state index in [1.165, 1.54) is 43.0 Å². The van der Waals surface area contributed by atoms with Crippen LogP contribution in [0.15, 0.2) is 111 Å². The summed E-state index contributed by atoms with van der Waals surface area (Å²) in [6.07, 6.45) is 5.15. The molecular weight excluding hydrogens is 949 g/mol. The van der Waals surface area contributed by atoms with Gasteiger partial charge in [0.15, 0.2) is 0 Å². The zero-order valence-electron chi connectivity index (χ0n) is 37.6. The molecule has 0 aliphatic heterocycles. The number of halogens is 5. The average Bonchev–Trinajstić information content (AvgIpc) is 3.30. The molecule has 6 N–H and O–H groups in total. The number of aliphatic hydroxyl groups is 1. The van der Waals surface area contributed by atoms with E-state index < -0.39 is 17.1 Å². The lowest BCUT2D eigenvalue weighted by Crippen LogP contribution is -2.12. The maximum absolute atomic E-state index is 13.4. The number of allylic oxidation sites excluding steroid dienone is 1. The van der Waals surface area contributed by atoms with Gasteiger partial charge in [-0.3, -0.25) is 4.79 Å². The summed E-state index contributed by atoms with van der Waals surface area (Å²) in [5.74, 6) is 0.591. The molecule has 0 unspecified atom stereocenters. The first-order chi connectivity index (χ1) is 32.5. The second-order valence-corrected chi connectivity index (χ2v) is 14.7. The number of hydrogen-bond donors (Lipinski definition) is 5. The lowest BCUT2D eigenvalue weighted by molar-refractivity contribution is -0.111. The molecule has 0 bridgehead atoms. The highest BCUT2D eigenvalue weighted by molar-refractivity contribution is 6.61. The summed E-state index contributed by atoms with van der Waals surface area (Å²) in [6.45, 7) is 19.9. The Labute approximate surface area is 407 Å². The van der Waals surface area contributed by atoms with Gasteiger partial charge in [-0.05, 0) is 88.4 Å². The number of anilines is 6. The molecule has 0 fully saturated rings. The summed E-state index contributed by atoms with van der Waals surface area (Å²) < 4.78 is 53.1. The van der Waals surface area contributed by atoms with Crippen molar-refractivity contribution in [3.63, 3.8) is 0 Å². The molecule has 2 aromatic heterocycles. The van der Waals surface area contributed by atoms with E-state index in [0.717, 1.165) is 6.08 Å². The smallest absolute Gasteiger partial charge is 0.404 e. The standard InChI is InChI=1S/C21H20ClFN4O3.C18H18ClFN4O2.C4H7ClO2.C4H6O/c1-3-20(28)27-18-10-14-17(11-19(18)30-8-7-29-4-2)24-12-25-21(14)26-13-5-6-16(23)15(22)9-13;1-2-25-5-6-26-17-9-16-12(8-15(17)21)18(23-10-22-16)24-11-3-4-14(20)13(19)7-11;1-3(2)7-4(5)6;1-3-4(2)5/h3,5-6,9-12H,1,4,7-8H2,2H3,(H,27,28)(H,24,25,26);3-4,7-10H,2,5-6,21H2,1H3,(H,22,23,24);3H,1-2H3;3,5H,1-2H2. The summed E-state index contributed by atoms with van der Waals surface area (Å²) in [4.78, 5) is 38.7. The Morgan fingerprint density at radius 3 is 1.63 bits per heavy atom. The molecular formula is C47H51Cl3F2N8O8. The summed E-state index contributed by atoms with van der Waals surface area (Å²) >= 11 is 16.5. The zero-order chi connectivity index (χ0) is 50.2. The Hall–Kier alpha value is -6.83. The maximum atomic E-state index is 13.4. The van der Waals surface area contributed by atoms with Crippen LogP contribution in [-0.4, -0.2) is 82.1 Å². The van der Waals surface area contributed by atoms with E-state index in [2.05, 4.69) is 60.4 Å². The van der Waals surface area contributed by atoms with Crippen molar-refractivity contribution < 1.29 is 47.2 Å². The number of nitrogens with one attached hydrogen (secondary N) is 3. The van der Waals surface area contributed by atoms with Crippen LogP contribution in [0, 0.1) is 11.6 Å². The molecule has 0 saturated heterocycles. The lowest BCUT2D eigenvalue weighted by atomic mass is 10.1. The molecule has 0 saturated carbocycles. The van der Waals surface area contributed by atoms with Gasteiger partial charge in [-0.25, -0.2) is 33.5 Å². The number of nitrogen functional groups attached to an aromatic ring is 1. The fraction of sp³-hybridized carbons (Fsp3) is 0.234. The number of aliphatic hydroxyl groups excluding tert-OH is 1. The topological polar surface area (TPSA) is 214 Å². The lowest BCUT2D eigenvalue weighted by Gasteiger charge is -2.15. The SMILES string of the molecule is C=CC(=C)O.C=CC(=O)Nc1cc2c(Nc3ccc(F)c(Cl)c3)ncnc2cc1OCCOCC.CC(C)OC(=O)Cl.CCOCCOc1cc2ncnc(Nc3ccc(F)c(Cl)c3)c2cc1N. The van der Waals surface area contributed by atoms with Crippen LogP contribution in [0.4, 0.5) is 48.0 Å². The number of nitrogens with two attached hydrogens (primary N) is 1. The molecule has 4 aromatic carbocycles. The third-order valence-corrected chi connectivity index (χ3v) is 8.92. The number of carbonyl (C=O) groups is 2. The number of carbonyl (C=O) groups excluding carboxylic acids is 2. The van der Waals surface area contributed by atoms with Crippen molar-refractivity contribution >= 4 is 102 Å². The molecule has 0 atom stereocenters. The third-order valence-electron chi connectivity index (χ3n) is 8.25. The van der Waals surface area contributed by atoms with E-state index >= 15 is 0 Å². The van der Waals surface area contributed by atoms with Crippen LogP contribution in [0.3, 0.4) is 0 Å². The minimum Gasteiger partial charge on any atom is -0.509 e. The van der Waals surface area contributed by atoms with Gasteiger partial charge in [0.05, 0.1) is 51.8 Å². The molecule has 1 amide bonds. The van der Waals surface area contributed by atoms with Crippen LogP contribution >= 0.6 is 34.8 Å². The highest BCUT2D eigenvalue weighted by Crippen LogP contribution is 2.35. The van der Waals surface area contributed by atoms with Gasteiger partial charge in [-0.15, -0.1) is 0 Å². The first-order valence-electron chi connectivity index (χ1n) is 20.5. The van der Waals surface area contributed by atoms with Gasteiger partial charge in [0.25, 0.3) is 0 Å². The molecule has 21 heteroatoms. The van der Waals surface area contributed by atoms with Crippen LogP contribution < -0.4 is 31.2 Å². The fourth-order valence-electron chi connectivity index (χ4n) is 5.23. The predicted molar refractivity (Wildman–Crippen MR) is 265 cm³/mol. The summed E-state index contributed by atoms with van der Waals surface area (Å²) in [7, 11) is 0. The van der Waals surface area contributed by atoms with Crippen molar-refractivity contribution in [3.05, 3.63) is 133 Å². The second kappa shape index (κ2) is 29.0. The van der Waals surface area contributed by atoms with Crippen LogP contribution in [0.2, 0.25) is 10.0 Å². The zero-order valence-corrected chi connectivity index (χ0v) is 39.9. The number of rotatable bonds is 18. The minimum absolute atomic E-state index is 0.0118. The number of hydrogen-bond acceptors (Lipinski definition) is 15. The summed E-state index contributed by atoms with van der Waals surface area (Å²) in [5.41, 5.74) is 8.64. The van der Waals surface area contributed by atoms with Gasteiger partial charge in [0.1, 0.15) is 66.4 Å². The van der Waals surface area contributed by atoms with E-state index in [1.54, 1.807) is 50.2 Å². The molecule has 0 spiro atoms. The van der Waals surface area contributed by atoms with Crippen molar-refractivity contribution in [1.29, 1.82) is 0 Å². The Morgan fingerprint density at radius 1 is 0.750 bits per heavy atom. The molecule has 0 aliphatic carbocycles. The van der Waals surface area contributed by atoms with Crippen molar-refractivity contribution in [1.82, 2.24) is 19.9 Å². The normalized spacial score (nSPS) is 10.3. The first-order valence-corrected chi connectivity index (χ1v) is 21.6. The van der Waals surface area contributed by atoms with Gasteiger partial charge >= 0.3 is 5.43 Å². The third kappa shape index (κ3) is 18.8. The fourth-order valence-corrected chi connectivity index (χ4v) is 5.77. The van der Waals surface area contributed by atoms with Gasteiger partial charge in [-0.1, -0.05) is 42.9 Å². The minimum atomic E-state index is -0.741. The summed E-state index contributed by atoms with van der Waals surface area (Å²) in [6, 6.07) is 15.5. The molecule has 6 aromatic rings. The van der Waals surface area contributed by atoms with Crippen LogP contribution in [0.1, 0.15) is 27.7 Å². The number of ether oxygens (including phenoxy) is 5. The van der Waals surface area contributed by atoms with Gasteiger partial charge in [-0.2, -0.15) is 0 Å². The number of amides is 1. The number of aromatic nitrogens is 4. The van der Waals surface area contributed by atoms with E-state index in [9.17, 15) is 18.4 Å². The van der Waals surface area contributed by atoms with Gasteiger partial charge in [0.2, 0.25) is 5.91 Å². The van der Waals surface area contributed by atoms with E-state index in [-0.39, 0.29) is 27.8 Å². The Kier molecular flexibility index (Phi) is 23.7. The van der Waals surface area contributed by atoms with E-state index in [4.69, 9.17) is 64.6 Å². The van der Waals surface area contributed by atoms with Crippen molar-refractivity contribution in [2.75, 3.05) is 61.3 Å².